The predicted octanol–water partition coefficient (Wildman–Crippen LogP) is 6.70. The van der Waals surface area contributed by atoms with Gasteiger partial charge >= 0.3 is 0 Å². The number of aliphatic hydroxyl groups is 2. The van der Waals surface area contributed by atoms with E-state index in [4.69, 9.17) is 11.6 Å². The van der Waals surface area contributed by atoms with Crippen LogP contribution < -0.4 is 0 Å². The van der Waals surface area contributed by atoms with Gasteiger partial charge in [-0.3, -0.25) is 14.5 Å². The van der Waals surface area contributed by atoms with E-state index in [9.17, 15) is 24.9 Å². The number of imide groups is 1. The second kappa shape index (κ2) is 13.4. The number of benzene rings is 2. The molecule has 5 rings (SSSR count). The highest BCUT2D eigenvalue weighted by Gasteiger charge is 2.54. The van der Waals surface area contributed by atoms with Gasteiger partial charge in [0, 0.05) is 10.8 Å². The third-order valence-corrected chi connectivity index (χ3v) is 9.61. The van der Waals surface area contributed by atoms with Gasteiger partial charge in [-0.2, -0.15) is 0 Å². The summed E-state index contributed by atoms with van der Waals surface area (Å²) in [6.45, 7) is 1.99. The van der Waals surface area contributed by atoms with Crippen LogP contribution in [0, 0.1) is 17.8 Å². The molecule has 0 radical (unpaired) electrons. The Hall–Kier alpha value is -3.23. The van der Waals surface area contributed by atoms with Crippen molar-refractivity contribution in [1.82, 2.24) is 4.90 Å². The number of nitrogens with zero attached hydrogens (tertiary/aromatic N) is 1. The number of hydrogen-bond acceptors (Lipinski definition) is 6. The van der Waals surface area contributed by atoms with Crippen LogP contribution in [0.4, 0.5) is 0 Å². The van der Waals surface area contributed by atoms with Crippen LogP contribution in [0.3, 0.4) is 0 Å². The number of hydrogen-bond donors (Lipinski definition) is 3. The fourth-order valence-corrected chi connectivity index (χ4v) is 7.42. The van der Waals surface area contributed by atoms with Crippen molar-refractivity contribution < 1.29 is 24.9 Å². The summed E-state index contributed by atoms with van der Waals surface area (Å²) in [5, 5.41) is 34.5. The summed E-state index contributed by atoms with van der Waals surface area (Å²) in [5.41, 5.74) is 4.40. The van der Waals surface area contributed by atoms with E-state index in [2.05, 4.69) is 6.92 Å². The molecule has 0 bridgehead atoms. The van der Waals surface area contributed by atoms with Gasteiger partial charge < -0.3 is 15.3 Å². The van der Waals surface area contributed by atoms with Crippen molar-refractivity contribution >= 4 is 46.4 Å². The first-order valence-corrected chi connectivity index (χ1v) is 15.7. The number of aromatic hydroxyl groups is 1. The minimum Gasteiger partial charge on any atom is -0.508 e. The van der Waals surface area contributed by atoms with Crippen molar-refractivity contribution in [2.45, 2.75) is 51.7 Å². The molecule has 4 atom stereocenters. The van der Waals surface area contributed by atoms with Gasteiger partial charge in [0.1, 0.15) is 5.75 Å². The first-order valence-electron chi connectivity index (χ1n) is 14.4. The van der Waals surface area contributed by atoms with Crippen LogP contribution in [0.5, 0.6) is 5.75 Å². The summed E-state index contributed by atoms with van der Waals surface area (Å²) in [4.78, 5) is 29.4. The average Bonchev–Trinajstić information content (AvgIpc) is 3.59. The van der Waals surface area contributed by atoms with Crippen LogP contribution in [0.1, 0.15) is 55.0 Å². The van der Waals surface area contributed by atoms with Gasteiger partial charge in [-0.05, 0) is 83.7 Å². The van der Waals surface area contributed by atoms with Gasteiger partial charge in [0.05, 0.1) is 36.1 Å². The third kappa shape index (κ3) is 6.25. The molecule has 8 heteroatoms. The number of carbonyl (C=O) groups is 2. The van der Waals surface area contributed by atoms with E-state index in [0.29, 0.717) is 30.7 Å². The van der Waals surface area contributed by atoms with E-state index in [1.165, 1.54) is 22.3 Å². The summed E-state index contributed by atoms with van der Waals surface area (Å²) < 4.78 is 0. The number of halogens is 1. The van der Waals surface area contributed by atoms with Crippen molar-refractivity contribution in [1.29, 1.82) is 0 Å². The average molecular weight is 606 g/mol. The summed E-state index contributed by atoms with van der Waals surface area (Å²) >= 11 is 7.92. The second-order valence-corrected chi connectivity index (χ2v) is 12.5. The Morgan fingerprint density at radius 1 is 1.12 bits per heavy atom. The molecule has 2 aliphatic rings. The van der Waals surface area contributed by atoms with Crippen molar-refractivity contribution in [3.8, 4) is 5.75 Å². The lowest BCUT2D eigenvalue weighted by Crippen LogP contribution is -2.39. The molecular weight excluding hydrogens is 570 g/mol. The van der Waals surface area contributed by atoms with Crippen LogP contribution >= 0.6 is 22.9 Å². The molecule has 2 aromatic carbocycles. The first-order chi connectivity index (χ1) is 20.3. The number of aliphatic hydroxyl groups excluding tert-OH is 2. The van der Waals surface area contributed by atoms with Gasteiger partial charge in [-0.25, -0.2) is 0 Å². The second-order valence-electron chi connectivity index (χ2n) is 11.1. The highest BCUT2D eigenvalue weighted by molar-refractivity contribution is 7.09. The highest BCUT2D eigenvalue weighted by atomic mass is 35.5. The molecule has 42 heavy (non-hydrogen) atoms. The third-order valence-electron chi connectivity index (χ3n) is 8.42. The molecule has 3 N–H and O–H groups in total. The van der Waals surface area contributed by atoms with Gasteiger partial charge in [-0.15, -0.1) is 11.3 Å². The van der Waals surface area contributed by atoms with Gasteiger partial charge in [0.2, 0.25) is 11.8 Å². The standard InChI is InChI=1S/C34H36ClNO5S/c1-2-7-24-17-27-32(34(41)36(33(27)40)19-26-10-6-15-42-26)28(20-37)31(24)30(39)14-12-22(21-8-4-3-5-9-21)16-23-11-13-25(38)18-29(23)35/h3-6,8-11,13,15-16,18,27-28,30,32,37-39H,2,7,12,14,17,19-20H2,1H3/b22-16-/t27-,28+,30-,32-/m1/s1. The number of carbonyl (C=O) groups excluding carboxylic acids is 2. The first kappa shape index (κ1) is 30.2. The molecular formula is C34H36ClNO5S. The Morgan fingerprint density at radius 3 is 2.57 bits per heavy atom. The maximum atomic E-state index is 13.6. The predicted molar refractivity (Wildman–Crippen MR) is 167 cm³/mol. The van der Waals surface area contributed by atoms with Crippen LogP contribution in [-0.2, 0) is 16.1 Å². The Kier molecular flexibility index (Phi) is 9.63. The maximum Gasteiger partial charge on any atom is 0.234 e. The van der Waals surface area contributed by atoms with E-state index in [1.807, 2.05) is 53.9 Å². The molecule has 0 spiro atoms. The Labute approximate surface area is 255 Å². The number of phenolic OH excluding ortho intramolecular Hbond substituents is 1. The maximum absolute atomic E-state index is 13.6. The van der Waals surface area contributed by atoms with E-state index >= 15 is 0 Å². The SMILES string of the molecule is CCCC1=C([C@H](O)CC/C(=C/c2ccc(O)cc2Cl)c2ccccc2)[C@H](CO)[C@@H]2C(=O)N(Cc3cccs3)C(=O)[C@@H]2C1. The highest BCUT2D eigenvalue weighted by Crippen LogP contribution is 2.48. The number of allylic oxidation sites excluding steroid dienone is 2. The van der Waals surface area contributed by atoms with Crippen molar-refractivity contribution in [3.05, 3.63) is 98.2 Å². The van der Waals surface area contributed by atoms with E-state index in [1.54, 1.807) is 12.1 Å². The molecule has 3 aromatic rings. The molecule has 220 valence electrons. The quantitative estimate of drug-likeness (QED) is 0.128. The van der Waals surface area contributed by atoms with Gasteiger partial charge in [0.25, 0.3) is 0 Å². The molecule has 0 unspecified atom stereocenters. The lowest BCUT2D eigenvalue weighted by atomic mass is 9.67. The molecule has 1 fully saturated rings. The molecule has 2 amide bonds. The monoisotopic (exact) mass is 605 g/mol. The number of likely N-dealkylation sites (tertiary alicyclic amines) is 1. The topological polar surface area (TPSA) is 98.1 Å². The lowest BCUT2D eigenvalue weighted by molar-refractivity contribution is -0.140. The smallest absolute Gasteiger partial charge is 0.234 e. The number of thiophene rings is 1. The van der Waals surface area contributed by atoms with Gasteiger partial charge in [-0.1, -0.05) is 66.9 Å². The summed E-state index contributed by atoms with van der Waals surface area (Å²) in [6.07, 6.45) is 3.91. The fourth-order valence-electron chi connectivity index (χ4n) is 6.50. The Morgan fingerprint density at radius 2 is 1.90 bits per heavy atom. The fraction of sp³-hybridized carbons (Fsp3) is 0.353. The molecule has 1 saturated heterocycles. The summed E-state index contributed by atoms with van der Waals surface area (Å²) in [5.74, 6) is -2.15. The number of rotatable bonds is 11. The number of phenols is 1. The molecule has 6 nitrogen and oxygen atoms in total. The van der Waals surface area contributed by atoms with E-state index < -0.39 is 23.9 Å². The molecule has 2 heterocycles. The van der Waals surface area contributed by atoms with Crippen LogP contribution in [0.25, 0.3) is 11.6 Å². The van der Waals surface area contributed by atoms with E-state index in [-0.39, 0.29) is 30.7 Å². The summed E-state index contributed by atoms with van der Waals surface area (Å²) in [6, 6.07) is 18.5. The number of amides is 2. The Bertz CT molecular complexity index is 1480. The zero-order valence-corrected chi connectivity index (χ0v) is 25.2. The van der Waals surface area contributed by atoms with Crippen LogP contribution in [0.2, 0.25) is 5.02 Å². The van der Waals surface area contributed by atoms with Gasteiger partial charge in [0.15, 0.2) is 0 Å². The largest absolute Gasteiger partial charge is 0.508 e. The van der Waals surface area contributed by atoms with E-state index in [0.717, 1.165) is 39.1 Å². The molecule has 1 aliphatic carbocycles. The Balaban J connectivity index is 1.43. The normalized spacial score (nSPS) is 21.7. The molecule has 1 aliphatic heterocycles. The van der Waals surface area contributed by atoms with Crippen LogP contribution in [0.15, 0.2) is 77.2 Å². The summed E-state index contributed by atoms with van der Waals surface area (Å²) in [7, 11) is 0. The lowest BCUT2D eigenvalue weighted by Gasteiger charge is -2.36. The van der Waals surface area contributed by atoms with Crippen molar-refractivity contribution in [2.75, 3.05) is 6.61 Å². The molecule has 0 saturated carbocycles. The van der Waals surface area contributed by atoms with Crippen LogP contribution in [-0.4, -0.2) is 44.7 Å². The number of fused-ring (bicyclic) bond motifs is 1. The zero-order chi connectivity index (χ0) is 29.8. The minimum atomic E-state index is -0.888. The van der Waals surface area contributed by atoms with Crippen molar-refractivity contribution in [3.63, 3.8) is 0 Å². The minimum absolute atomic E-state index is 0.0868. The zero-order valence-electron chi connectivity index (χ0n) is 23.6. The molecule has 1 aromatic heterocycles. The van der Waals surface area contributed by atoms with Crippen molar-refractivity contribution in [2.24, 2.45) is 17.8 Å².